The lowest BCUT2D eigenvalue weighted by atomic mass is 9.96. The molecule has 0 saturated carbocycles. The number of aromatic nitrogens is 2. The molecule has 7 nitrogen and oxygen atoms in total. The Labute approximate surface area is 183 Å². The lowest BCUT2D eigenvalue weighted by Crippen LogP contribution is -2.20. The van der Waals surface area contributed by atoms with Crippen LogP contribution in [-0.4, -0.2) is 47.9 Å². The molecule has 1 heterocycles. The van der Waals surface area contributed by atoms with Gasteiger partial charge in [0.2, 0.25) is 0 Å². The Morgan fingerprint density at radius 3 is 2.65 bits per heavy atom. The number of benzene rings is 2. The summed E-state index contributed by atoms with van der Waals surface area (Å²) in [6, 6.07) is 14.4. The van der Waals surface area contributed by atoms with Gasteiger partial charge in [0.25, 0.3) is 0 Å². The first-order valence-electron chi connectivity index (χ1n) is 10.5. The summed E-state index contributed by atoms with van der Waals surface area (Å²) in [5, 5.41) is 17.2. The molecule has 0 fully saturated rings. The maximum absolute atomic E-state index is 9.16. The average Bonchev–Trinajstić information content (AvgIpc) is 3.20. The molecule has 0 aliphatic carbocycles. The van der Waals surface area contributed by atoms with E-state index in [9.17, 15) is 0 Å². The first-order chi connectivity index (χ1) is 15.0. The van der Waals surface area contributed by atoms with Crippen LogP contribution >= 0.6 is 0 Å². The van der Waals surface area contributed by atoms with Crippen molar-refractivity contribution in [3.05, 3.63) is 59.8 Å². The molecular formula is C24H32N4O3. The quantitative estimate of drug-likeness (QED) is 0.435. The number of nitrogens with one attached hydrogen (secondary N) is 1. The van der Waals surface area contributed by atoms with Crippen LogP contribution < -0.4 is 15.8 Å². The molecular weight excluding hydrogens is 392 g/mol. The van der Waals surface area contributed by atoms with Crippen molar-refractivity contribution in [1.29, 1.82) is 0 Å². The van der Waals surface area contributed by atoms with Gasteiger partial charge in [-0.25, -0.2) is 0 Å². The van der Waals surface area contributed by atoms with Gasteiger partial charge in [-0.1, -0.05) is 24.3 Å². The number of nitrogens with zero attached hydrogens (tertiary/aromatic N) is 2. The van der Waals surface area contributed by atoms with E-state index in [2.05, 4.69) is 42.5 Å². The number of methoxy groups -OCH3 is 1. The minimum atomic E-state index is -0.0896. The van der Waals surface area contributed by atoms with Crippen LogP contribution in [0, 0.1) is 13.8 Å². The standard InChI is InChI=1S/C24H32N4O3/c1-17-6-4-5-7-20(17)21-15-22(23(14-18(21)2)31-13-10-25)26-24-8-11-28(27-24)16-19(30-3)9-12-29/h4-8,11,14-15,19,29H,9-10,12-13,16,25H2,1-3H3,(H,26,27). The summed E-state index contributed by atoms with van der Waals surface area (Å²) >= 11 is 0. The van der Waals surface area contributed by atoms with Crippen molar-refractivity contribution in [2.45, 2.75) is 32.9 Å². The molecule has 2 aromatic carbocycles. The summed E-state index contributed by atoms with van der Waals surface area (Å²) in [6.45, 7) is 5.72. The molecule has 0 bridgehead atoms. The summed E-state index contributed by atoms with van der Waals surface area (Å²) in [7, 11) is 1.64. The second kappa shape index (κ2) is 10.9. The molecule has 0 radical (unpaired) electrons. The molecule has 1 unspecified atom stereocenters. The van der Waals surface area contributed by atoms with E-state index in [1.807, 2.05) is 35.1 Å². The van der Waals surface area contributed by atoms with Crippen molar-refractivity contribution in [2.24, 2.45) is 5.73 Å². The number of hydrogen-bond acceptors (Lipinski definition) is 6. The zero-order valence-corrected chi connectivity index (χ0v) is 18.5. The van der Waals surface area contributed by atoms with E-state index in [0.29, 0.717) is 31.9 Å². The third-order valence-corrected chi connectivity index (χ3v) is 5.22. The highest BCUT2D eigenvalue weighted by Crippen LogP contribution is 2.36. The number of ether oxygens (including phenoxy) is 2. The van der Waals surface area contributed by atoms with E-state index < -0.39 is 0 Å². The van der Waals surface area contributed by atoms with E-state index in [0.717, 1.165) is 22.6 Å². The van der Waals surface area contributed by atoms with Crippen LogP contribution in [0.4, 0.5) is 11.5 Å². The predicted octanol–water partition coefficient (Wildman–Crippen LogP) is 3.65. The van der Waals surface area contributed by atoms with E-state index in [-0.39, 0.29) is 12.7 Å². The molecule has 0 spiro atoms. The number of hydrogen-bond donors (Lipinski definition) is 3. The molecule has 0 aliphatic rings. The maximum atomic E-state index is 9.16. The highest BCUT2D eigenvalue weighted by atomic mass is 16.5. The van der Waals surface area contributed by atoms with E-state index in [1.54, 1.807) is 7.11 Å². The Kier molecular flexibility index (Phi) is 8.06. The molecule has 3 rings (SSSR count). The van der Waals surface area contributed by atoms with Gasteiger partial charge in [0.15, 0.2) is 5.82 Å². The lowest BCUT2D eigenvalue weighted by Gasteiger charge is -2.17. The third kappa shape index (κ3) is 5.85. The number of rotatable bonds is 11. The molecule has 3 aromatic rings. The monoisotopic (exact) mass is 424 g/mol. The van der Waals surface area contributed by atoms with Crippen molar-refractivity contribution >= 4 is 11.5 Å². The maximum Gasteiger partial charge on any atom is 0.152 e. The number of aliphatic hydroxyl groups is 1. The second-order valence-electron chi connectivity index (χ2n) is 7.53. The fourth-order valence-electron chi connectivity index (χ4n) is 3.54. The lowest BCUT2D eigenvalue weighted by molar-refractivity contribution is 0.0619. The van der Waals surface area contributed by atoms with Gasteiger partial charge in [-0.2, -0.15) is 5.10 Å². The number of anilines is 2. The fraction of sp³-hybridized carbons (Fsp3) is 0.375. The Hall–Kier alpha value is -2.87. The van der Waals surface area contributed by atoms with Gasteiger partial charge in [0, 0.05) is 32.5 Å². The van der Waals surface area contributed by atoms with Crippen molar-refractivity contribution in [3.8, 4) is 16.9 Å². The molecule has 0 aliphatic heterocycles. The highest BCUT2D eigenvalue weighted by molar-refractivity contribution is 5.78. The predicted molar refractivity (Wildman–Crippen MR) is 124 cm³/mol. The van der Waals surface area contributed by atoms with Gasteiger partial charge >= 0.3 is 0 Å². The summed E-state index contributed by atoms with van der Waals surface area (Å²) in [5.74, 6) is 1.45. The topological polar surface area (TPSA) is 94.6 Å². The number of aryl methyl sites for hydroxylation is 2. The molecule has 0 saturated heterocycles. The molecule has 0 amide bonds. The van der Waals surface area contributed by atoms with Gasteiger partial charge < -0.3 is 25.6 Å². The van der Waals surface area contributed by atoms with Crippen LogP contribution in [0.15, 0.2) is 48.7 Å². The van der Waals surface area contributed by atoms with Gasteiger partial charge in [0.1, 0.15) is 12.4 Å². The Balaban J connectivity index is 1.90. The normalized spacial score (nSPS) is 12.0. The van der Waals surface area contributed by atoms with Crippen LogP contribution in [0.2, 0.25) is 0 Å². The van der Waals surface area contributed by atoms with Gasteiger partial charge in [-0.15, -0.1) is 0 Å². The molecule has 4 N–H and O–H groups in total. The van der Waals surface area contributed by atoms with Crippen LogP contribution in [0.1, 0.15) is 17.5 Å². The Morgan fingerprint density at radius 2 is 1.94 bits per heavy atom. The van der Waals surface area contributed by atoms with Crippen molar-refractivity contribution in [3.63, 3.8) is 0 Å². The summed E-state index contributed by atoms with van der Waals surface area (Å²) in [4.78, 5) is 0. The minimum Gasteiger partial charge on any atom is -0.490 e. The van der Waals surface area contributed by atoms with Gasteiger partial charge in [0.05, 0.1) is 18.3 Å². The highest BCUT2D eigenvalue weighted by Gasteiger charge is 2.14. The van der Waals surface area contributed by atoms with Crippen LogP contribution in [0.25, 0.3) is 11.1 Å². The summed E-state index contributed by atoms with van der Waals surface area (Å²) < 4.78 is 13.1. The average molecular weight is 425 g/mol. The summed E-state index contributed by atoms with van der Waals surface area (Å²) in [5.41, 5.74) is 11.2. The van der Waals surface area contributed by atoms with Crippen LogP contribution in [-0.2, 0) is 11.3 Å². The largest absolute Gasteiger partial charge is 0.490 e. The zero-order valence-electron chi connectivity index (χ0n) is 18.5. The van der Waals surface area contributed by atoms with Crippen molar-refractivity contribution in [2.75, 3.05) is 32.2 Å². The molecule has 31 heavy (non-hydrogen) atoms. The third-order valence-electron chi connectivity index (χ3n) is 5.22. The zero-order chi connectivity index (χ0) is 22.2. The van der Waals surface area contributed by atoms with E-state index in [4.69, 9.17) is 20.3 Å². The minimum absolute atomic E-state index is 0.0811. The first kappa shape index (κ1) is 22.8. The van der Waals surface area contributed by atoms with Crippen LogP contribution in [0.3, 0.4) is 0 Å². The SMILES string of the molecule is COC(CCO)Cn1ccc(Nc2cc(-c3ccccc3C)c(C)cc2OCCN)n1. The number of nitrogens with two attached hydrogens (primary N) is 1. The van der Waals surface area contributed by atoms with E-state index >= 15 is 0 Å². The molecule has 7 heteroatoms. The Bertz CT molecular complexity index is 987. The summed E-state index contributed by atoms with van der Waals surface area (Å²) in [6.07, 6.45) is 2.37. The molecule has 1 atom stereocenters. The smallest absolute Gasteiger partial charge is 0.152 e. The second-order valence-corrected chi connectivity index (χ2v) is 7.53. The first-order valence-corrected chi connectivity index (χ1v) is 10.5. The molecule has 166 valence electrons. The van der Waals surface area contributed by atoms with Crippen LogP contribution in [0.5, 0.6) is 5.75 Å². The van der Waals surface area contributed by atoms with E-state index in [1.165, 1.54) is 11.1 Å². The fourth-order valence-corrected chi connectivity index (χ4v) is 3.54. The number of aliphatic hydroxyl groups excluding tert-OH is 1. The molecule has 1 aromatic heterocycles. The van der Waals surface area contributed by atoms with Crippen molar-refractivity contribution in [1.82, 2.24) is 9.78 Å². The van der Waals surface area contributed by atoms with Gasteiger partial charge in [-0.05, 0) is 54.7 Å². The Morgan fingerprint density at radius 1 is 1.13 bits per heavy atom. The van der Waals surface area contributed by atoms with Gasteiger partial charge in [-0.3, -0.25) is 4.68 Å². The van der Waals surface area contributed by atoms with Crippen molar-refractivity contribution < 1.29 is 14.6 Å².